The van der Waals surface area contributed by atoms with Crippen molar-refractivity contribution in [3.8, 4) is 11.3 Å². The largest absolute Gasteiger partial charge is 0.411 e. The van der Waals surface area contributed by atoms with Crippen LogP contribution in [0.25, 0.3) is 11.3 Å². The number of oxime groups is 1. The maximum absolute atomic E-state index is 12.1. The third kappa shape index (κ3) is 7.67. The van der Waals surface area contributed by atoms with Gasteiger partial charge in [0.05, 0.1) is 30.6 Å². The molecular formula is C26H36N6O5S2. The van der Waals surface area contributed by atoms with E-state index in [9.17, 15) is 16.8 Å². The lowest BCUT2D eigenvalue weighted by Crippen LogP contribution is -2.35. The topological polar surface area (TPSA) is 146 Å². The highest BCUT2D eigenvalue weighted by Gasteiger charge is 2.27. The van der Waals surface area contributed by atoms with E-state index in [1.54, 1.807) is 25.4 Å². The van der Waals surface area contributed by atoms with Crippen LogP contribution in [-0.4, -0.2) is 63.6 Å². The van der Waals surface area contributed by atoms with E-state index in [-0.39, 0.29) is 5.69 Å². The molecule has 0 aliphatic rings. The monoisotopic (exact) mass is 576 g/mol. The molecule has 1 aromatic heterocycles. The van der Waals surface area contributed by atoms with Gasteiger partial charge in [-0.2, -0.15) is 3.71 Å². The van der Waals surface area contributed by atoms with E-state index in [2.05, 4.69) is 22.4 Å². The maximum Gasteiger partial charge on any atom is 0.245 e. The van der Waals surface area contributed by atoms with Crippen molar-refractivity contribution in [1.29, 1.82) is 0 Å². The summed E-state index contributed by atoms with van der Waals surface area (Å²) in [5.74, 6) is 1.23. The van der Waals surface area contributed by atoms with Gasteiger partial charge >= 0.3 is 0 Å². The van der Waals surface area contributed by atoms with E-state index in [0.717, 1.165) is 42.2 Å². The zero-order valence-electron chi connectivity index (χ0n) is 23.2. The molecule has 0 amide bonds. The molecule has 0 aliphatic carbocycles. The Bertz CT molecular complexity index is 1510. The second-order valence-electron chi connectivity index (χ2n) is 8.42. The lowest BCUT2D eigenvalue weighted by atomic mass is 10.0. The number of aliphatic imine (C=N–C) groups is 1. The van der Waals surface area contributed by atoms with Gasteiger partial charge in [0, 0.05) is 25.3 Å². The smallest absolute Gasteiger partial charge is 0.245 e. The van der Waals surface area contributed by atoms with Crippen molar-refractivity contribution in [2.45, 2.75) is 33.6 Å². The predicted molar refractivity (Wildman–Crippen MR) is 159 cm³/mol. The van der Waals surface area contributed by atoms with E-state index in [1.807, 2.05) is 43.7 Å². The number of nitrogens with one attached hydrogen (secondary N) is 1. The van der Waals surface area contributed by atoms with Crippen molar-refractivity contribution in [2.24, 2.45) is 17.2 Å². The van der Waals surface area contributed by atoms with Gasteiger partial charge in [-0.15, -0.1) is 0 Å². The van der Waals surface area contributed by atoms with Gasteiger partial charge in [-0.1, -0.05) is 50.5 Å². The minimum atomic E-state index is -4.06. The highest BCUT2D eigenvalue weighted by atomic mass is 32.3. The molecule has 0 fully saturated rings. The Hall–Kier alpha value is -3.71. The van der Waals surface area contributed by atoms with Crippen LogP contribution in [0.15, 0.2) is 52.6 Å². The van der Waals surface area contributed by atoms with Crippen molar-refractivity contribution in [3.05, 3.63) is 59.4 Å². The molecule has 13 heteroatoms. The number of hydrogen-bond acceptors (Lipinski definition) is 9. The van der Waals surface area contributed by atoms with Crippen LogP contribution < -0.4 is 9.03 Å². The predicted octanol–water partition coefficient (Wildman–Crippen LogP) is 4.39. The van der Waals surface area contributed by atoms with Crippen LogP contribution in [-0.2, 0) is 33.5 Å². The Morgan fingerprint density at radius 1 is 1.03 bits per heavy atom. The van der Waals surface area contributed by atoms with Crippen LogP contribution >= 0.6 is 0 Å². The fourth-order valence-corrected chi connectivity index (χ4v) is 6.93. The van der Waals surface area contributed by atoms with Gasteiger partial charge in [0.2, 0.25) is 20.0 Å². The molecule has 0 unspecified atom stereocenters. The van der Waals surface area contributed by atoms with Crippen LogP contribution in [0.2, 0.25) is 0 Å². The Kier molecular flexibility index (Phi) is 10.8. The molecule has 2 N–H and O–H groups in total. The molecule has 0 bridgehead atoms. The fourth-order valence-electron chi connectivity index (χ4n) is 3.96. The molecule has 0 radical (unpaired) electrons. The van der Waals surface area contributed by atoms with E-state index < -0.39 is 20.0 Å². The number of nitrogens with zero attached hydrogens (tertiary/aromatic N) is 5. The minimum Gasteiger partial charge on any atom is -0.411 e. The van der Waals surface area contributed by atoms with Crippen molar-refractivity contribution >= 4 is 49.7 Å². The number of sulfonamides is 2. The van der Waals surface area contributed by atoms with Crippen LogP contribution in [0.3, 0.4) is 0 Å². The number of aryl methyl sites for hydroxylation is 1. The average molecular weight is 577 g/mol. The Morgan fingerprint density at radius 2 is 1.64 bits per heavy atom. The summed E-state index contributed by atoms with van der Waals surface area (Å²) in [5, 5.41) is 15.5. The van der Waals surface area contributed by atoms with Gasteiger partial charge in [-0.3, -0.25) is 4.99 Å². The van der Waals surface area contributed by atoms with Crippen molar-refractivity contribution < 1.29 is 22.0 Å². The number of aromatic nitrogens is 2. The molecule has 2 aromatic carbocycles. The van der Waals surface area contributed by atoms with Gasteiger partial charge in [0.25, 0.3) is 0 Å². The molecule has 11 nitrogen and oxygen atoms in total. The van der Waals surface area contributed by atoms with Gasteiger partial charge in [0.15, 0.2) is 5.82 Å². The lowest BCUT2D eigenvalue weighted by Gasteiger charge is -2.20. The first kappa shape index (κ1) is 31.5. The second-order valence-corrected chi connectivity index (χ2v) is 12.3. The minimum absolute atomic E-state index is 0.000113. The molecule has 0 atom stereocenters. The van der Waals surface area contributed by atoms with Gasteiger partial charge < -0.3 is 15.1 Å². The summed E-state index contributed by atoms with van der Waals surface area (Å²) in [5.41, 5.74) is 3.82. The van der Waals surface area contributed by atoms with Crippen LogP contribution in [0.4, 0.5) is 17.2 Å². The third-order valence-corrected chi connectivity index (χ3v) is 8.70. The van der Waals surface area contributed by atoms with Crippen LogP contribution in [0, 0.1) is 0 Å². The number of hydrogen-bond donors (Lipinski definition) is 2. The molecule has 0 spiro atoms. The molecule has 39 heavy (non-hydrogen) atoms. The van der Waals surface area contributed by atoms with E-state index >= 15 is 0 Å². The third-order valence-electron chi connectivity index (χ3n) is 5.45. The molecule has 212 valence electrons. The number of imidazole rings is 1. The molecule has 0 aliphatic heterocycles. The lowest BCUT2D eigenvalue weighted by molar-refractivity contribution is 0.322. The zero-order valence-corrected chi connectivity index (χ0v) is 24.9. The van der Waals surface area contributed by atoms with Gasteiger partial charge in [-0.25, -0.2) is 21.8 Å². The first-order valence-electron chi connectivity index (χ1n) is 12.3. The second kappa shape index (κ2) is 13.4. The van der Waals surface area contributed by atoms with Crippen LogP contribution in [0.5, 0.6) is 0 Å². The summed E-state index contributed by atoms with van der Waals surface area (Å²) in [6.07, 6.45) is 6.39. The van der Waals surface area contributed by atoms with Gasteiger partial charge in [-0.05, 0) is 41.8 Å². The Labute approximate surface area is 231 Å². The zero-order chi connectivity index (χ0) is 29.4. The van der Waals surface area contributed by atoms with Gasteiger partial charge in [0.1, 0.15) is 11.5 Å². The molecule has 0 saturated heterocycles. The maximum atomic E-state index is 12.1. The summed E-state index contributed by atoms with van der Waals surface area (Å²) in [7, 11) is -4.64. The Morgan fingerprint density at radius 3 is 2.15 bits per heavy atom. The fraction of sp³-hybridized carbons (Fsp3) is 0.346. The number of anilines is 3. The summed E-state index contributed by atoms with van der Waals surface area (Å²) < 4.78 is 50.8. The number of benzene rings is 2. The van der Waals surface area contributed by atoms with E-state index in [1.165, 1.54) is 18.3 Å². The Balaban J connectivity index is 0.00000260. The molecule has 3 rings (SSSR count). The summed E-state index contributed by atoms with van der Waals surface area (Å²) >= 11 is 0. The molecule has 0 saturated carbocycles. The standard InChI is InChI=1S/C24H30N6O5S2.C2H6/c1-6-7-18-14-20(11-8-19(18)15-26-31)27-24-23(28-22(16-25-2)29(24)3)17-9-12-21(13-10-17)30(36(4,32)33)37(5,34)35;1-2/h8-16,27,31H,6-7H2,1-5H3;1-2H3/b25-16?,26-15+;. The van der Waals surface area contributed by atoms with Crippen molar-refractivity contribution in [3.63, 3.8) is 0 Å². The highest BCUT2D eigenvalue weighted by molar-refractivity contribution is 8.09. The van der Waals surface area contributed by atoms with Crippen molar-refractivity contribution in [2.75, 3.05) is 28.6 Å². The van der Waals surface area contributed by atoms with Crippen molar-refractivity contribution in [1.82, 2.24) is 9.55 Å². The summed E-state index contributed by atoms with van der Waals surface area (Å²) in [4.78, 5) is 8.76. The first-order chi connectivity index (χ1) is 18.4. The normalized spacial score (nSPS) is 12.0. The molecule has 1 heterocycles. The SMILES string of the molecule is CC.CCCc1cc(Nc2c(-c3ccc(N(S(C)(=O)=O)S(C)(=O)=O)cc3)nc(C=NC)n2C)ccc1/C=N/O. The quantitative estimate of drug-likeness (QED) is 0.207. The number of rotatable bonds is 10. The average Bonchev–Trinajstić information content (AvgIpc) is 3.16. The van der Waals surface area contributed by atoms with E-state index in [4.69, 9.17) is 10.2 Å². The van der Waals surface area contributed by atoms with E-state index in [0.29, 0.717) is 26.6 Å². The summed E-state index contributed by atoms with van der Waals surface area (Å²) in [6, 6.07) is 11.8. The summed E-state index contributed by atoms with van der Waals surface area (Å²) in [6.45, 7) is 6.06. The van der Waals surface area contributed by atoms with Crippen LogP contribution in [0.1, 0.15) is 44.1 Å². The first-order valence-corrected chi connectivity index (χ1v) is 16.0. The molecule has 3 aromatic rings. The molecular weight excluding hydrogens is 540 g/mol. The highest BCUT2D eigenvalue weighted by Crippen LogP contribution is 2.33.